The maximum Gasteiger partial charge on any atom is 0.145 e. The van der Waals surface area contributed by atoms with Gasteiger partial charge in [0.1, 0.15) is 11.5 Å². The van der Waals surface area contributed by atoms with Crippen molar-refractivity contribution in [3.8, 4) is 0 Å². The highest BCUT2D eigenvalue weighted by atomic mass is 35.5. The first-order chi connectivity index (χ1) is 11.0. The molecular formula is C17H14ClF2N3. The summed E-state index contributed by atoms with van der Waals surface area (Å²) >= 11 is 5.89. The molecule has 3 aromatic rings. The van der Waals surface area contributed by atoms with Gasteiger partial charge in [0.2, 0.25) is 0 Å². The molecule has 118 valence electrons. The summed E-state index contributed by atoms with van der Waals surface area (Å²) in [6.45, 7) is 0. The monoisotopic (exact) mass is 333 g/mol. The van der Waals surface area contributed by atoms with Gasteiger partial charge in [0.15, 0.2) is 0 Å². The van der Waals surface area contributed by atoms with Crippen LogP contribution in [0.3, 0.4) is 0 Å². The number of nitrogens with one attached hydrogen (secondary N) is 1. The van der Waals surface area contributed by atoms with Gasteiger partial charge in [0.05, 0.1) is 5.69 Å². The van der Waals surface area contributed by atoms with Gasteiger partial charge in [-0.1, -0.05) is 41.1 Å². The second kappa shape index (κ2) is 6.46. The Morgan fingerprint density at radius 2 is 1.70 bits per heavy atom. The molecule has 0 bridgehead atoms. The fraction of sp³-hybridized carbons (Fsp3) is 0.176. The Balaban J connectivity index is 1.94. The average molecular weight is 334 g/mol. The molecule has 0 aliphatic rings. The van der Waals surface area contributed by atoms with Gasteiger partial charge >= 0.3 is 0 Å². The quantitative estimate of drug-likeness (QED) is 0.758. The highest BCUT2D eigenvalue weighted by molar-refractivity contribution is 6.30. The van der Waals surface area contributed by atoms with Gasteiger partial charge in [-0.05, 0) is 35.4 Å². The molecular weight excluding hydrogens is 320 g/mol. The van der Waals surface area contributed by atoms with Crippen LogP contribution in [-0.2, 0) is 18.5 Å². The van der Waals surface area contributed by atoms with Crippen molar-refractivity contribution in [2.75, 3.05) is 0 Å². The molecule has 1 atom stereocenters. The molecule has 0 aliphatic carbocycles. The predicted octanol–water partition coefficient (Wildman–Crippen LogP) is 4.25. The van der Waals surface area contributed by atoms with Gasteiger partial charge in [-0.15, -0.1) is 5.10 Å². The van der Waals surface area contributed by atoms with Gasteiger partial charge in [-0.25, -0.2) is 8.78 Å². The van der Waals surface area contributed by atoms with Gasteiger partial charge < -0.3 is 0 Å². The van der Waals surface area contributed by atoms with Crippen molar-refractivity contribution < 1.29 is 8.78 Å². The molecule has 6 heteroatoms. The highest BCUT2D eigenvalue weighted by Crippen LogP contribution is 2.34. The Hall–Kier alpha value is -2.27. The molecule has 23 heavy (non-hydrogen) atoms. The molecule has 1 aromatic heterocycles. The fourth-order valence-electron chi connectivity index (χ4n) is 2.54. The number of rotatable bonds is 5. The summed E-state index contributed by atoms with van der Waals surface area (Å²) < 4.78 is 28.8. The number of benzene rings is 2. The van der Waals surface area contributed by atoms with Crippen molar-refractivity contribution in [1.82, 2.24) is 15.4 Å². The van der Waals surface area contributed by atoms with Crippen molar-refractivity contribution in [2.24, 2.45) is 0 Å². The Labute approximate surface area is 137 Å². The van der Waals surface area contributed by atoms with E-state index < -0.39 is 5.67 Å². The molecule has 3 rings (SSSR count). The summed E-state index contributed by atoms with van der Waals surface area (Å²) in [5.74, 6) is -0.346. The Kier molecular flexibility index (Phi) is 4.39. The van der Waals surface area contributed by atoms with Crippen LogP contribution in [0, 0.1) is 5.82 Å². The molecule has 0 amide bonds. The van der Waals surface area contributed by atoms with E-state index in [0.29, 0.717) is 21.8 Å². The van der Waals surface area contributed by atoms with E-state index in [1.165, 1.54) is 12.1 Å². The molecule has 0 saturated heterocycles. The second-order valence-electron chi connectivity index (χ2n) is 5.42. The van der Waals surface area contributed by atoms with E-state index in [-0.39, 0.29) is 18.7 Å². The van der Waals surface area contributed by atoms with Gasteiger partial charge in [-0.3, -0.25) is 5.10 Å². The van der Waals surface area contributed by atoms with Crippen LogP contribution in [0.5, 0.6) is 0 Å². The Morgan fingerprint density at radius 1 is 1.00 bits per heavy atom. The van der Waals surface area contributed by atoms with Crippen LogP contribution < -0.4 is 0 Å². The zero-order chi connectivity index (χ0) is 16.3. The predicted molar refractivity (Wildman–Crippen MR) is 84.4 cm³/mol. The number of H-pyrrole nitrogens is 1. The van der Waals surface area contributed by atoms with Crippen LogP contribution in [0.15, 0.2) is 54.7 Å². The number of alkyl halides is 1. The minimum atomic E-state index is -1.70. The summed E-state index contributed by atoms with van der Waals surface area (Å²) in [5, 5.41) is 10.6. The number of nitrogens with zero attached hydrogens (tertiary/aromatic N) is 2. The van der Waals surface area contributed by atoms with E-state index in [1.807, 2.05) is 0 Å². The van der Waals surface area contributed by atoms with E-state index >= 15 is 4.39 Å². The van der Waals surface area contributed by atoms with Crippen molar-refractivity contribution in [3.05, 3.63) is 82.4 Å². The minimum absolute atomic E-state index is 0.0580. The first kappa shape index (κ1) is 15.6. The van der Waals surface area contributed by atoms with Crippen molar-refractivity contribution >= 4 is 11.6 Å². The smallest absolute Gasteiger partial charge is 0.145 e. The molecule has 3 nitrogen and oxygen atoms in total. The van der Waals surface area contributed by atoms with Crippen LogP contribution in [-0.4, -0.2) is 15.4 Å². The first-order valence-corrected chi connectivity index (χ1v) is 7.48. The van der Waals surface area contributed by atoms with Crippen LogP contribution >= 0.6 is 11.6 Å². The SMILES string of the molecule is Fc1ccc(CC(F)(Cc2c[nH]nn2)c2ccc(Cl)cc2)cc1. The summed E-state index contributed by atoms with van der Waals surface area (Å²) in [6.07, 6.45) is 1.72. The van der Waals surface area contributed by atoms with E-state index in [2.05, 4.69) is 15.4 Å². The molecule has 0 aliphatic heterocycles. The van der Waals surface area contributed by atoms with Crippen LogP contribution in [0.25, 0.3) is 0 Å². The zero-order valence-corrected chi connectivity index (χ0v) is 12.9. The van der Waals surface area contributed by atoms with Gasteiger partial charge in [0, 0.05) is 24.1 Å². The molecule has 0 radical (unpaired) electrons. The van der Waals surface area contributed by atoms with E-state index in [9.17, 15) is 4.39 Å². The van der Waals surface area contributed by atoms with Crippen LogP contribution in [0.1, 0.15) is 16.8 Å². The third-order valence-electron chi connectivity index (χ3n) is 3.69. The number of hydrogen-bond acceptors (Lipinski definition) is 2. The Bertz CT molecular complexity index is 758. The normalized spacial score (nSPS) is 13.7. The molecule has 1 heterocycles. The summed E-state index contributed by atoms with van der Waals surface area (Å²) in [7, 11) is 0. The van der Waals surface area contributed by atoms with E-state index in [4.69, 9.17) is 11.6 Å². The standard InChI is InChI=1S/C17H14ClF2N3/c18-14-5-3-13(4-6-14)17(20,10-16-11-21-23-22-16)9-12-1-7-15(19)8-2-12/h1-8,11H,9-10H2,(H,21,22,23). The molecule has 0 spiro atoms. The van der Waals surface area contributed by atoms with Gasteiger partial charge in [-0.2, -0.15) is 0 Å². The summed E-state index contributed by atoms with van der Waals surface area (Å²) in [6, 6.07) is 12.4. The third kappa shape index (κ3) is 3.74. The van der Waals surface area contributed by atoms with Crippen LogP contribution in [0.2, 0.25) is 5.02 Å². The summed E-state index contributed by atoms with van der Waals surface area (Å²) in [5.41, 5.74) is 0.0189. The number of aromatic nitrogens is 3. The average Bonchev–Trinajstić information content (AvgIpc) is 3.03. The molecule has 2 aromatic carbocycles. The molecule has 1 unspecified atom stereocenters. The van der Waals surface area contributed by atoms with E-state index in [1.54, 1.807) is 42.6 Å². The zero-order valence-electron chi connectivity index (χ0n) is 12.1. The van der Waals surface area contributed by atoms with E-state index in [0.717, 1.165) is 0 Å². The van der Waals surface area contributed by atoms with Gasteiger partial charge in [0.25, 0.3) is 0 Å². The number of halogens is 3. The fourth-order valence-corrected chi connectivity index (χ4v) is 2.67. The van der Waals surface area contributed by atoms with Crippen molar-refractivity contribution in [3.63, 3.8) is 0 Å². The lowest BCUT2D eigenvalue weighted by Crippen LogP contribution is -2.26. The highest BCUT2D eigenvalue weighted by Gasteiger charge is 2.33. The first-order valence-electron chi connectivity index (χ1n) is 7.10. The maximum atomic E-state index is 15.8. The van der Waals surface area contributed by atoms with Crippen molar-refractivity contribution in [1.29, 1.82) is 0 Å². The molecule has 0 saturated carbocycles. The Morgan fingerprint density at radius 3 is 2.30 bits per heavy atom. The lowest BCUT2D eigenvalue weighted by atomic mass is 9.85. The lowest BCUT2D eigenvalue weighted by Gasteiger charge is -2.25. The number of hydrogen-bond donors (Lipinski definition) is 1. The second-order valence-corrected chi connectivity index (χ2v) is 5.85. The van der Waals surface area contributed by atoms with Crippen LogP contribution in [0.4, 0.5) is 8.78 Å². The summed E-state index contributed by atoms with van der Waals surface area (Å²) in [4.78, 5) is 0. The minimum Gasteiger partial charge on any atom is -0.265 e. The molecule has 1 N–H and O–H groups in total. The maximum absolute atomic E-state index is 15.8. The topological polar surface area (TPSA) is 41.6 Å². The lowest BCUT2D eigenvalue weighted by molar-refractivity contribution is 0.162. The molecule has 0 fully saturated rings. The number of aromatic amines is 1. The third-order valence-corrected chi connectivity index (χ3v) is 3.94. The van der Waals surface area contributed by atoms with Crippen molar-refractivity contribution in [2.45, 2.75) is 18.5 Å². The largest absolute Gasteiger partial charge is 0.265 e.